The first-order valence-electron chi connectivity index (χ1n) is 9.35. The minimum atomic E-state index is -4.79. The van der Waals surface area contributed by atoms with E-state index in [1.54, 1.807) is 12.1 Å². The van der Waals surface area contributed by atoms with Crippen LogP contribution >= 0.6 is 11.6 Å². The number of hydrogen-bond donors (Lipinski definition) is 1. The Labute approximate surface area is 183 Å². The molecule has 6 nitrogen and oxygen atoms in total. The van der Waals surface area contributed by atoms with Gasteiger partial charge in [-0.1, -0.05) is 23.7 Å². The van der Waals surface area contributed by atoms with Crippen molar-refractivity contribution < 1.29 is 31.1 Å². The van der Waals surface area contributed by atoms with Crippen LogP contribution < -0.4 is 10.1 Å². The molecule has 3 rings (SSSR count). The Bertz CT molecular complexity index is 1070. The van der Waals surface area contributed by atoms with Crippen LogP contribution in [0.25, 0.3) is 0 Å². The predicted octanol–water partition coefficient (Wildman–Crippen LogP) is 4.41. The highest BCUT2D eigenvalue weighted by Gasteiger charge is 2.40. The molecular weight excluding hydrogens is 457 g/mol. The lowest BCUT2D eigenvalue weighted by atomic mass is 9.97. The molecule has 0 saturated carbocycles. The molecule has 0 spiro atoms. The van der Waals surface area contributed by atoms with Gasteiger partial charge in [0.2, 0.25) is 15.9 Å². The zero-order chi connectivity index (χ0) is 22.8. The number of benzene rings is 2. The van der Waals surface area contributed by atoms with Gasteiger partial charge < -0.3 is 10.1 Å². The van der Waals surface area contributed by atoms with Gasteiger partial charge in [0.25, 0.3) is 0 Å². The molecule has 0 unspecified atom stereocenters. The number of sulfonamides is 1. The summed E-state index contributed by atoms with van der Waals surface area (Å²) in [6.45, 7) is -0.140. The van der Waals surface area contributed by atoms with Crippen molar-refractivity contribution in [3.05, 3.63) is 53.1 Å². The number of carbonyl (C=O) groups excluding carboxylic acids is 1. The second kappa shape index (κ2) is 9.05. The van der Waals surface area contributed by atoms with E-state index >= 15 is 0 Å². The Morgan fingerprint density at radius 1 is 1.16 bits per heavy atom. The van der Waals surface area contributed by atoms with E-state index in [1.807, 2.05) is 0 Å². The maximum atomic E-state index is 13.3. The van der Waals surface area contributed by atoms with Gasteiger partial charge in [-0.15, -0.1) is 0 Å². The van der Waals surface area contributed by atoms with Crippen LogP contribution in [0.2, 0.25) is 5.02 Å². The number of ether oxygens (including phenoxy) is 1. The third-order valence-corrected chi connectivity index (χ3v) is 7.25. The molecule has 31 heavy (non-hydrogen) atoms. The summed E-state index contributed by atoms with van der Waals surface area (Å²) in [6.07, 6.45) is -4.46. The summed E-state index contributed by atoms with van der Waals surface area (Å²) in [7, 11) is -2.91. The van der Waals surface area contributed by atoms with Crippen molar-refractivity contribution in [3.63, 3.8) is 0 Å². The van der Waals surface area contributed by atoms with Crippen molar-refractivity contribution in [2.24, 2.45) is 5.92 Å². The number of alkyl halides is 3. The van der Waals surface area contributed by atoms with E-state index in [-0.39, 0.29) is 31.8 Å². The van der Waals surface area contributed by atoms with Gasteiger partial charge in [-0.3, -0.25) is 4.79 Å². The van der Waals surface area contributed by atoms with Crippen LogP contribution in [0.3, 0.4) is 0 Å². The normalized spacial score (nSPS) is 16.2. The smallest absolute Gasteiger partial charge is 0.417 e. The zero-order valence-electron chi connectivity index (χ0n) is 16.4. The molecule has 1 fully saturated rings. The number of amides is 1. The molecule has 1 N–H and O–H groups in total. The lowest BCUT2D eigenvalue weighted by Gasteiger charge is -2.31. The van der Waals surface area contributed by atoms with Crippen molar-refractivity contribution in [3.8, 4) is 5.75 Å². The van der Waals surface area contributed by atoms with Crippen molar-refractivity contribution in [1.29, 1.82) is 0 Å². The molecule has 0 radical (unpaired) electrons. The summed E-state index contributed by atoms with van der Waals surface area (Å²) in [6, 6.07) is 8.83. The topological polar surface area (TPSA) is 75.7 Å². The van der Waals surface area contributed by atoms with E-state index in [0.29, 0.717) is 16.5 Å². The Morgan fingerprint density at radius 3 is 2.42 bits per heavy atom. The number of methoxy groups -OCH3 is 1. The highest BCUT2D eigenvalue weighted by molar-refractivity contribution is 7.89. The first-order valence-corrected chi connectivity index (χ1v) is 11.2. The highest BCUT2D eigenvalue weighted by Crippen LogP contribution is 2.36. The Morgan fingerprint density at radius 2 is 1.81 bits per heavy atom. The molecule has 1 aliphatic heterocycles. The average molecular weight is 477 g/mol. The molecule has 0 aliphatic carbocycles. The lowest BCUT2D eigenvalue weighted by molar-refractivity contribution is -0.139. The van der Waals surface area contributed by atoms with Gasteiger partial charge in [0.15, 0.2) is 0 Å². The highest BCUT2D eigenvalue weighted by atomic mass is 35.5. The van der Waals surface area contributed by atoms with Gasteiger partial charge in [0.1, 0.15) is 5.75 Å². The van der Waals surface area contributed by atoms with Gasteiger partial charge in [-0.05, 0) is 43.2 Å². The predicted molar refractivity (Wildman–Crippen MR) is 110 cm³/mol. The first-order chi connectivity index (χ1) is 14.5. The van der Waals surface area contributed by atoms with Gasteiger partial charge in [-0.25, -0.2) is 8.42 Å². The molecule has 0 aromatic heterocycles. The minimum Gasteiger partial charge on any atom is -0.495 e. The van der Waals surface area contributed by atoms with Crippen LogP contribution in [-0.2, 0) is 21.0 Å². The van der Waals surface area contributed by atoms with Gasteiger partial charge >= 0.3 is 6.18 Å². The molecule has 168 valence electrons. The Hall–Kier alpha value is -2.30. The second-order valence-corrected chi connectivity index (χ2v) is 9.35. The summed E-state index contributed by atoms with van der Waals surface area (Å²) < 4.78 is 71.6. The quantitative estimate of drug-likeness (QED) is 0.693. The maximum absolute atomic E-state index is 13.3. The SMILES string of the molecule is COc1ccc(Cl)cc1NC(=O)C1CCN(S(=O)(=O)c2ccccc2C(F)(F)F)CC1. The van der Waals surface area contributed by atoms with Gasteiger partial charge in [0.05, 0.1) is 23.3 Å². The number of anilines is 1. The minimum absolute atomic E-state index is 0.0701. The summed E-state index contributed by atoms with van der Waals surface area (Å²) in [4.78, 5) is 11.8. The molecule has 1 amide bonds. The molecule has 2 aromatic rings. The molecule has 1 aliphatic rings. The second-order valence-electron chi connectivity index (χ2n) is 7.01. The molecule has 11 heteroatoms. The number of nitrogens with one attached hydrogen (secondary N) is 1. The third-order valence-electron chi connectivity index (χ3n) is 5.05. The number of hydrogen-bond acceptors (Lipinski definition) is 4. The largest absolute Gasteiger partial charge is 0.495 e. The fourth-order valence-corrected chi connectivity index (χ4v) is 5.29. The van der Waals surface area contributed by atoms with Crippen molar-refractivity contribution in [1.82, 2.24) is 4.31 Å². The van der Waals surface area contributed by atoms with Crippen LogP contribution in [0, 0.1) is 5.92 Å². The van der Waals surface area contributed by atoms with Crippen LogP contribution in [0.4, 0.5) is 18.9 Å². The number of piperidine rings is 1. The molecule has 0 bridgehead atoms. The molecule has 0 atom stereocenters. The van der Waals surface area contributed by atoms with Crippen LogP contribution in [-0.4, -0.2) is 38.8 Å². The number of nitrogens with zero attached hydrogens (tertiary/aromatic N) is 1. The summed E-state index contributed by atoms with van der Waals surface area (Å²) in [5.74, 6) is -0.428. The molecule has 1 heterocycles. The first kappa shape index (κ1) is 23.4. The number of carbonyl (C=O) groups is 1. The Kier molecular flexibility index (Phi) is 6.82. The summed E-state index contributed by atoms with van der Waals surface area (Å²) in [5, 5.41) is 3.12. The van der Waals surface area contributed by atoms with Crippen LogP contribution in [0.15, 0.2) is 47.4 Å². The van der Waals surface area contributed by atoms with Crippen molar-refractivity contribution >= 4 is 33.2 Å². The van der Waals surface area contributed by atoms with E-state index < -0.39 is 32.6 Å². The molecule has 1 saturated heterocycles. The summed E-state index contributed by atoms with van der Waals surface area (Å²) in [5.41, 5.74) is -0.822. The van der Waals surface area contributed by atoms with E-state index in [2.05, 4.69) is 5.32 Å². The van der Waals surface area contributed by atoms with Crippen molar-refractivity contribution in [2.75, 3.05) is 25.5 Å². The molecule has 2 aromatic carbocycles. The monoisotopic (exact) mass is 476 g/mol. The van der Waals surface area contributed by atoms with Gasteiger partial charge in [-0.2, -0.15) is 17.5 Å². The number of halogens is 4. The average Bonchev–Trinajstić information content (AvgIpc) is 2.73. The standard InChI is InChI=1S/C20H20ClF3N2O4S/c1-30-17-7-6-14(21)12-16(17)25-19(27)13-8-10-26(11-9-13)31(28,29)18-5-3-2-4-15(18)20(22,23)24/h2-7,12-13H,8-11H2,1H3,(H,25,27). The van der Waals surface area contributed by atoms with Crippen molar-refractivity contribution in [2.45, 2.75) is 23.9 Å². The fourth-order valence-electron chi connectivity index (χ4n) is 3.44. The summed E-state index contributed by atoms with van der Waals surface area (Å²) >= 11 is 5.96. The lowest BCUT2D eigenvalue weighted by Crippen LogP contribution is -2.41. The number of rotatable bonds is 5. The van der Waals surface area contributed by atoms with Crippen LogP contribution in [0.1, 0.15) is 18.4 Å². The van der Waals surface area contributed by atoms with E-state index in [0.717, 1.165) is 22.5 Å². The Balaban J connectivity index is 1.71. The maximum Gasteiger partial charge on any atom is 0.417 e. The van der Waals surface area contributed by atoms with E-state index in [9.17, 15) is 26.4 Å². The third kappa shape index (κ3) is 5.13. The van der Waals surface area contributed by atoms with E-state index in [1.165, 1.54) is 19.2 Å². The van der Waals surface area contributed by atoms with E-state index in [4.69, 9.17) is 16.3 Å². The zero-order valence-corrected chi connectivity index (χ0v) is 18.0. The van der Waals surface area contributed by atoms with Crippen LogP contribution in [0.5, 0.6) is 5.75 Å². The molecular formula is C20H20ClF3N2O4S. The van der Waals surface area contributed by atoms with Gasteiger partial charge in [0, 0.05) is 24.0 Å². The fraction of sp³-hybridized carbons (Fsp3) is 0.350.